The molecule has 6 nitrogen and oxygen atoms in total. The normalized spacial score (nSPS) is 24.0. The quantitative estimate of drug-likeness (QED) is 0.851. The molecule has 2 atom stereocenters. The van der Waals surface area contributed by atoms with Gasteiger partial charge in [-0.2, -0.15) is 0 Å². The van der Waals surface area contributed by atoms with Crippen LogP contribution in [0, 0.1) is 18.8 Å². The highest BCUT2D eigenvalue weighted by Crippen LogP contribution is 2.27. The van der Waals surface area contributed by atoms with Crippen molar-refractivity contribution in [3.63, 3.8) is 0 Å². The van der Waals surface area contributed by atoms with Crippen molar-refractivity contribution >= 4 is 11.6 Å². The number of aryl methyl sites for hydroxylation is 1. The summed E-state index contributed by atoms with van der Waals surface area (Å²) in [5, 5.41) is 3.44. The number of carbonyl (C=O) groups excluding carboxylic acids is 1. The summed E-state index contributed by atoms with van der Waals surface area (Å²) in [6.45, 7) is 5.45. The summed E-state index contributed by atoms with van der Waals surface area (Å²) < 4.78 is 1.47. The van der Waals surface area contributed by atoms with Crippen molar-refractivity contribution < 1.29 is 4.79 Å². The summed E-state index contributed by atoms with van der Waals surface area (Å²) in [7, 11) is 0. The minimum absolute atomic E-state index is 0.170. The summed E-state index contributed by atoms with van der Waals surface area (Å²) in [6.07, 6.45) is 5.18. The van der Waals surface area contributed by atoms with Crippen molar-refractivity contribution in [3.05, 3.63) is 46.0 Å². The van der Waals surface area contributed by atoms with Gasteiger partial charge in [0.2, 0.25) is 0 Å². The van der Waals surface area contributed by atoms with Crippen LogP contribution in [0.15, 0.2) is 29.3 Å². The Labute approximate surface area is 140 Å². The maximum atomic E-state index is 12.9. The molecule has 0 spiro atoms. The molecule has 0 unspecified atom stereocenters. The highest BCUT2D eigenvalue weighted by Gasteiger charge is 2.32. The molecule has 6 heteroatoms. The zero-order valence-electron chi connectivity index (χ0n) is 13.9. The Morgan fingerprint density at radius 3 is 2.62 bits per heavy atom. The van der Waals surface area contributed by atoms with Crippen molar-refractivity contribution in [1.29, 1.82) is 0 Å². The molecule has 2 aliphatic heterocycles. The fourth-order valence-corrected chi connectivity index (χ4v) is 3.92. The Balaban J connectivity index is 1.63. The van der Waals surface area contributed by atoms with Crippen LogP contribution in [0.3, 0.4) is 0 Å². The smallest absolute Gasteiger partial charge is 0.270 e. The van der Waals surface area contributed by atoms with Gasteiger partial charge >= 0.3 is 0 Å². The van der Waals surface area contributed by atoms with E-state index in [1.165, 1.54) is 10.6 Å². The number of amides is 1. The van der Waals surface area contributed by atoms with Crippen LogP contribution in [0.2, 0.25) is 0 Å². The van der Waals surface area contributed by atoms with Gasteiger partial charge in [-0.25, -0.2) is 4.98 Å². The van der Waals surface area contributed by atoms with Gasteiger partial charge in [-0.15, -0.1) is 0 Å². The van der Waals surface area contributed by atoms with Gasteiger partial charge in [0.05, 0.1) is 0 Å². The molecule has 2 aromatic heterocycles. The molecule has 1 amide bonds. The predicted molar refractivity (Wildman–Crippen MR) is 91.2 cm³/mol. The lowest BCUT2D eigenvalue weighted by Crippen LogP contribution is -2.37. The SMILES string of the molecule is Cc1ccc2ncc(C(=O)N3CC[C@@H]4CNC[C@@H]4CC3)c(=O)n2c1. The second-order valence-corrected chi connectivity index (χ2v) is 6.96. The zero-order valence-corrected chi connectivity index (χ0v) is 13.9. The van der Waals surface area contributed by atoms with Crippen molar-refractivity contribution in [2.45, 2.75) is 19.8 Å². The van der Waals surface area contributed by atoms with E-state index in [4.69, 9.17) is 0 Å². The Kier molecular flexibility index (Phi) is 3.84. The highest BCUT2D eigenvalue weighted by molar-refractivity contribution is 5.93. The number of aromatic nitrogens is 2. The summed E-state index contributed by atoms with van der Waals surface area (Å²) in [6, 6.07) is 3.70. The van der Waals surface area contributed by atoms with E-state index >= 15 is 0 Å². The molecule has 2 aromatic rings. The van der Waals surface area contributed by atoms with Crippen LogP contribution in [0.4, 0.5) is 0 Å². The van der Waals surface area contributed by atoms with Crippen LogP contribution in [0.25, 0.3) is 5.65 Å². The van der Waals surface area contributed by atoms with E-state index in [9.17, 15) is 9.59 Å². The third-order valence-corrected chi connectivity index (χ3v) is 5.39. The van der Waals surface area contributed by atoms with E-state index in [1.54, 1.807) is 12.3 Å². The molecule has 2 fully saturated rings. The van der Waals surface area contributed by atoms with Crippen molar-refractivity contribution in [3.8, 4) is 0 Å². The van der Waals surface area contributed by atoms with Gasteiger partial charge in [0, 0.05) is 25.5 Å². The fourth-order valence-electron chi connectivity index (χ4n) is 3.92. The molecule has 4 heterocycles. The fraction of sp³-hybridized carbons (Fsp3) is 0.500. The first-order valence-electron chi connectivity index (χ1n) is 8.61. The Morgan fingerprint density at radius 2 is 1.92 bits per heavy atom. The summed E-state index contributed by atoms with van der Waals surface area (Å²) in [5.41, 5.74) is 1.42. The number of fused-ring (bicyclic) bond motifs is 2. The number of nitrogens with zero attached hydrogens (tertiary/aromatic N) is 3. The van der Waals surface area contributed by atoms with Gasteiger partial charge in [0.25, 0.3) is 11.5 Å². The lowest BCUT2D eigenvalue weighted by Gasteiger charge is -2.20. The number of carbonyl (C=O) groups is 1. The largest absolute Gasteiger partial charge is 0.338 e. The second kappa shape index (κ2) is 6.02. The first kappa shape index (κ1) is 15.3. The molecule has 0 radical (unpaired) electrons. The van der Waals surface area contributed by atoms with Gasteiger partial charge in [-0.05, 0) is 56.3 Å². The molecule has 2 saturated heterocycles. The van der Waals surface area contributed by atoms with E-state index in [-0.39, 0.29) is 17.0 Å². The summed E-state index contributed by atoms with van der Waals surface area (Å²) >= 11 is 0. The number of likely N-dealkylation sites (tertiary alicyclic amines) is 1. The molecule has 0 aliphatic carbocycles. The van der Waals surface area contributed by atoms with Crippen LogP contribution in [-0.4, -0.2) is 46.4 Å². The minimum Gasteiger partial charge on any atom is -0.338 e. The van der Waals surface area contributed by atoms with Gasteiger partial charge < -0.3 is 10.2 Å². The number of hydrogen-bond donors (Lipinski definition) is 1. The Morgan fingerprint density at radius 1 is 1.21 bits per heavy atom. The number of hydrogen-bond acceptors (Lipinski definition) is 4. The topological polar surface area (TPSA) is 66.7 Å². The molecular formula is C18H22N4O2. The van der Waals surface area contributed by atoms with E-state index < -0.39 is 0 Å². The number of pyridine rings is 1. The lowest BCUT2D eigenvalue weighted by atomic mass is 9.92. The minimum atomic E-state index is -0.278. The Hall–Kier alpha value is -2.21. The van der Waals surface area contributed by atoms with Gasteiger partial charge in [-0.3, -0.25) is 14.0 Å². The maximum Gasteiger partial charge on any atom is 0.270 e. The van der Waals surface area contributed by atoms with E-state index in [1.807, 2.05) is 17.9 Å². The third-order valence-electron chi connectivity index (χ3n) is 5.39. The molecular weight excluding hydrogens is 304 g/mol. The van der Waals surface area contributed by atoms with Crippen LogP contribution in [0.1, 0.15) is 28.8 Å². The average molecular weight is 326 g/mol. The molecule has 2 aliphatic rings. The lowest BCUT2D eigenvalue weighted by molar-refractivity contribution is 0.0756. The summed E-state index contributed by atoms with van der Waals surface area (Å²) in [5.74, 6) is 1.12. The monoisotopic (exact) mass is 326 g/mol. The molecule has 1 N–H and O–H groups in total. The average Bonchev–Trinajstić information content (AvgIpc) is 2.94. The van der Waals surface area contributed by atoms with Crippen molar-refractivity contribution in [2.75, 3.05) is 26.2 Å². The highest BCUT2D eigenvalue weighted by atomic mass is 16.2. The molecule has 0 aromatic carbocycles. The molecule has 126 valence electrons. The van der Waals surface area contributed by atoms with Crippen LogP contribution in [-0.2, 0) is 0 Å². The van der Waals surface area contributed by atoms with Crippen molar-refractivity contribution in [1.82, 2.24) is 19.6 Å². The summed E-state index contributed by atoms with van der Waals surface area (Å²) in [4.78, 5) is 31.7. The Bertz CT molecular complexity index is 831. The van der Waals surface area contributed by atoms with E-state index in [0.29, 0.717) is 17.5 Å². The second-order valence-electron chi connectivity index (χ2n) is 6.96. The van der Waals surface area contributed by atoms with E-state index in [2.05, 4.69) is 10.3 Å². The first-order chi connectivity index (χ1) is 11.6. The standard InChI is InChI=1S/C18H22N4O2/c1-12-2-3-16-20-10-15(18(24)22(16)11-12)17(23)21-6-4-13-8-19-9-14(13)5-7-21/h2-3,10-11,13-14,19H,4-9H2,1H3/t13-,14+. The number of rotatable bonds is 1. The molecule has 0 bridgehead atoms. The predicted octanol–water partition coefficient (Wildman–Crippen LogP) is 1.07. The first-order valence-corrected chi connectivity index (χ1v) is 8.61. The molecule has 0 saturated carbocycles. The molecule has 4 rings (SSSR count). The van der Waals surface area contributed by atoms with Gasteiger partial charge in [0.15, 0.2) is 0 Å². The van der Waals surface area contributed by atoms with Crippen molar-refractivity contribution in [2.24, 2.45) is 11.8 Å². The van der Waals surface area contributed by atoms with Crippen LogP contribution < -0.4 is 10.9 Å². The van der Waals surface area contributed by atoms with Crippen LogP contribution in [0.5, 0.6) is 0 Å². The van der Waals surface area contributed by atoms with Gasteiger partial charge in [0.1, 0.15) is 11.2 Å². The van der Waals surface area contributed by atoms with Gasteiger partial charge in [-0.1, -0.05) is 6.07 Å². The zero-order chi connectivity index (χ0) is 16.7. The third kappa shape index (κ3) is 2.60. The van der Waals surface area contributed by atoms with E-state index in [0.717, 1.165) is 44.6 Å². The maximum absolute atomic E-state index is 12.9. The van der Waals surface area contributed by atoms with Crippen LogP contribution >= 0.6 is 0 Å². The number of nitrogens with one attached hydrogen (secondary N) is 1. The molecule has 24 heavy (non-hydrogen) atoms.